The molecule has 4 rings (SSSR count). The summed E-state index contributed by atoms with van der Waals surface area (Å²) in [6.45, 7) is 6.86. The van der Waals surface area contributed by atoms with E-state index >= 15 is 0 Å². The largest absolute Gasteiger partial charge is 0.299 e. The third-order valence-electron chi connectivity index (χ3n) is 6.90. The molecule has 0 heterocycles. The lowest BCUT2D eigenvalue weighted by Gasteiger charge is -2.32. The lowest BCUT2D eigenvalue weighted by molar-refractivity contribution is -0.131. The Bertz CT molecular complexity index is 538. The number of rotatable bonds is 2. The van der Waals surface area contributed by atoms with Gasteiger partial charge >= 0.3 is 0 Å². The summed E-state index contributed by atoms with van der Waals surface area (Å²) in [5.41, 5.74) is 2.99. The molecule has 4 aliphatic carbocycles. The molecular weight excluding hydrogens is 232 g/mol. The van der Waals surface area contributed by atoms with Crippen LogP contribution in [0.2, 0.25) is 0 Å². The summed E-state index contributed by atoms with van der Waals surface area (Å²) in [5.74, 6) is 1.98. The second kappa shape index (κ2) is 3.31. The molecule has 0 N–H and O–H groups in total. The molecule has 0 radical (unpaired) electrons. The highest BCUT2D eigenvalue weighted by Crippen LogP contribution is 2.67. The van der Waals surface area contributed by atoms with E-state index in [1.54, 1.807) is 0 Å². The van der Waals surface area contributed by atoms with Gasteiger partial charge in [-0.1, -0.05) is 45.1 Å². The molecule has 2 fully saturated rings. The lowest BCUT2D eigenvalue weighted by Crippen LogP contribution is -2.33. The standard InChI is InChI=1S/C18H22O/c1-17(2)15-8-9-18(17,3)16(19)14(15)10-13-11-4-5-12(13)7-6-11/h4-7,13-15H,8-10H2,1-3H3. The zero-order chi connectivity index (χ0) is 13.4. The summed E-state index contributed by atoms with van der Waals surface area (Å²) >= 11 is 0. The maximum atomic E-state index is 12.9. The van der Waals surface area contributed by atoms with Crippen LogP contribution in [0.5, 0.6) is 0 Å². The summed E-state index contributed by atoms with van der Waals surface area (Å²) in [6.07, 6.45) is 12.3. The second-order valence-electron chi connectivity index (χ2n) is 7.62. The van der Waals surface area contributed by atoms with Gasteiger partial charge in [-0.15, -0.1) is 0 Å². The van der Waals surface area contributed by atoms with E-state index in [2.05, 4.69) is 45.1 Å². The van der Waals surface area contributed by atoms with Crippen molar-refractivity contribution in [1.82, 2.24) is 0 Å². The van der Waals surface area contributed by atoms with Crippen LogP contribution >= 0.6 is 0 Å². The molecule has 0 amide bonds. The maximum absolute atomic E-state index is 12.9. The van der Waals surface area contributed by atoms with Crippen LogP contribution in [-0.2, 0) is 4.79 Å². The molecule has 0 saturated heterocycles. The molecule has 3 atom stereocenters. The highest BCUT2D eigenvalue weighted by Gasteiger charge is 2.66. The van der Waals surface area contributed by atoms with E-state index in [1.807, 2.05) is 0 Å². The summed E-state index contributed by atoms with van der Waals surface area (Å²) in [6, 6.07) is 0. The van der Waals surface area contributed by atoms with Gasteiger partial charge in [-0.25, -0.2) is 0 Å². The van der Waals surface area contributed by atoms with E-state index in [4.69, 9.17) is 0 Å². The van der Waals surface area contributed by atoms with Crippen molar-refractivity contribution in [2.75, 3.05) is 0 Å². The first-order valence-corrected chi connectivity index (χ1v) is 7.59. The van der Waals surface area contributed by atoms with Gasteiger partial charge in [0.25, 0.3) is 0 Å². The van der Waals surface area contributed by atoms with Crippen LogP contribution < -0.4 is 0 Å². The van der Waals surface area contributed by atoms with Crippen molar-refractivity contribution in [2.24, 2.45) is 28.6 Å². The zero-order valence-electron chi connectivity index (χ0n) is 12.1. The van der Waals surface area contributed by atoms with Gasteiger partial charge in [0.2, 0.25) is 0 Å². The highest BCUT2D eigenvalue weighted by atomic mass is 16.1. The van der Waals surface area contributed by atoms with Crippen molar-refractivity contribution in [3.8, 4) is 0 Å². The van der Waals surface area contributed by atoms with Gasteiger partial charge in [0, 0.05) is 17.3 Å². The fourth-order valence-electron chi connectivity index (χ4n) is 5.22. The molecule has 0 aliphatic heterocycles. The Kier molecular flexibility index (Phi) is 2.04. The normalized spacial score (nSPS) is 42.2. The number of hydrogen-bond donors (Lipinski definition) is 0. The molecule has 1 nitrogen and oxygen atoms in total. The van der Waals surface area contributed by atoms with Crippen molar-refractivity contribution >= 4 is 5.78 Å². The molecule has 2 saturated carbocycles. The predicted molar refractivity (Wildman–Crippen MR) is 76.5 cm³/mol. The first-order chi connectivity index (χ1) is 8.95. The molecule has 0 spiro atoms. The summed E-state index contributed by atoms with van der Waals surface area (Å²) < 4.78 is 0. The van der Waals surface area contributed by atoms with E-state index in [1.165, 1.54) is 17.6 Å². The van der Waals surface area contributed by atoms with Crippen molar-refractivity contribution in [3.63, 3.8) is 0 Å². The van der Waals surface area contributed by atoms with Gasteiger partial charge in [-0.3, -0.25) is 4.79 Å². The molecule has 0 aromatic heterocycles. The SMILES string of the molecule is CC12CCC(C(CC3C4=CC=C3C=C4)C1=O)C2(C)C. The smallest absolute Gasteiger partial charge is 0.142 e. The minimum atomic E-state index is -0.0593. The van der Waals surface area contributed by atoms with Crippen LogP contribution in [0.1, 0.15) is 40.0 Å². The molecule has 3 unspecified atom stereocenters. The van der Waals surface area contributed by atoms with Crippen LogP contribution in [0.25, 0.3) is 0 Å². The quantitative estimate of drug-likeness (QED) is 0.726. The summed E-state index contributed by atoms with van der Waals surface area (Å²) in [5, 5.41) is 0. The van der Waals surface area contributed by atoms with E-state index < -0.39 is 0 Å². The Morgan fingerprint density at radius 1 is 1.16 bits per heavy atom. The summed E-state index contributed by atoms with van der Waals surface area (Å²) in [4.78, 5) is 12.9. The van der Waals surface area contributed by atoms with Gasteiger partial charge in [0.15, 0.2) is 0 Å². The van der Waals surface area contributed by atoms with E-state index in [9.17, 15) is 4.79 Å². The molecule has 0 aromatic rings. The van der Waals surface area contributed by atoms with E-state index in [0.717, 1.165) is 12.8 Å². The number of allylic oxidation sites excluding steroid dienone is 6. The van der Waals surface area contributed by atoms with Gasteiger partial charge < -0.3 is 0 Å². The maximum Gasteiger partial charge on any atom is 0.142 e. The Labute approximate surface area is 115 Å². The Morgan fingerprint density at radius 2 is 1.79 bits per heavy atom. The first-order valence-electron chi connectivity index (χ1n) is 7.59. The first kappa shape index (κ1) is 11.7. The number of carbonyl (C=O) groups is 1. The third kappa shape index (κ3) is 1.20. The number of hydrogen-bond acceptors (Lipinski definition) is 1. The highest BCUT2D eigenvalue weighted by molar-refractivity contribution is 5.91. The van der Waals surface area contributed by atoms with Crippen molar-refractivity contribution in [2.45, 2.75) is 40.0 Å². The topological polar surface area (TPSA) is 17.1 Å². The van der Waals surface area contributed by atoms with Crippen LogP contribution in [0.4, 0.5) is 0 Å². The fraction of sp³-hybridized carbons (Fsp3) is 0.611. The molecule has 100 valence electrons. The number of fused-ring (bicyclic) bond motifs is 4. The number of Topliss-reactive ketones (excluding diaryl/α,β-unsaturated/α-hetero) is 1. The molecule has 1 heteroatoms. The van der Waals surface area contributed by atoms with Crippen molar-refractivity contribution < 1.29 is 4.79 Å². The van der Waals surface area contributed by atoms with Crippen LogP contribution in [0.15, 0.2) is 35.5 Å². The number of ketones is 1. The monoisotopic (exact) mass is 254 g/mol. The molecular formula is C18H22O. The third-order valence-corrected chi connectivity index (χ3v) is 6.90. The Hall–Kier alpha value is -1.11. The van der Waals surface area contributed by atoms with Gasteiger partial charge in [0.1, 0.15) is 5.78 Å². The fourth-order valence-corrected chi connectivity index (χ4v) is 5.22. The minimum absolute atomic E-state index is 0.0593. The zero-order valence-corrected chi connectivity index (χ0v) is 12.1. The second-order valence-corrected chi connectivity index (χ2v) is 7.62. The molecule has 19 heavy (non-hydrogen) atoms. The van der Waals surface area contributed by atoms with Crippen LogP contribution in [0, 0.1) is 28.6 Å². The number of carbonyl (C=O) groups excluding carboxylic acids is 1. The van der Waals surface area contributed by atoms with Gasteiger partial charge in [-0.2, -0.15) is 0 Å². The van der Waals surface area contributed by atoms with E-state index in [0.29, 0.717) is 23.5 Å². The van der Waals surface area contributed by atoms with Crippen LogP contribution in [0.3, 0.4) is 0 Å². The van der Waals surface area contributed by atoms with E-state index in [-0.39, 0.29) is 10.8 Å². The minimum Gasteiger partial charge on any atom is -0.299 e. The summed E-state index contributed by atoms with van der Waals surface area (Å²) in [7, 11) is 0. The van der Waals surface area contributed by atoms with Gasteiger partial charge in [-0.05, 0) is 41.7 Å². The lowest BCUT2D eigenvalue weighted by atomic mass is 9.70. The predicted octanol–water partition coefficient (Wildman–Crippen LogP) is 4.07. The van der Waals surface area contributed by atoms with Crippen molar-refractivity contribution in [3.05, 3.63) is 35.5 Å². The average Bonchev–Trinajstić information content (AvgIpc) is 3.03. The Morgan fingerprint density at radius 3 is 2.26 bits per heavy atom. The van der Waals surface area contributed by atoms with Crippen LogP contribution in [-0.4, -0.2) is 5.78 Å². The average molecular weight is 254 g/mol. The van der Waals surface area contributed by atoms with Crippen molar-refractivity contribution in [1.29, 1.82) is 0 Å². The molecule has 4 aliphatic rings. The molecule has 4 bridgehead atoms. The molecule has 0 aromatic carbocycles. The van der Waals surface area contributed by atoms with Gasteiger partial charge in [0.05, 0.1) is 0 Å². The Balaban J connectivity index is 1.63.